The first-order valence-electron chi connectivity index (χ1n) is 8.76. The molecule has 1 aromatic rings. The molecule has 1 aromatic carbocycles. The van der Waals surface area contributed by atoms with Gasteiger partial charge in [0.25, 0.3) is 0 Å². The predicted octanol–water partition coefficient (Wildman–Crippen LogP) is 2.67. The summed E-state index contributed by atoms with van der Waals surface area (Å²) in [6.45, 7) is 8.67. The molecule has 2 heterocycles. The number of hydrogen-bond acceptors (Lipinski definition) is 3. The van der Waals surface area contributed by atoms with Crippen LogP contribution in [0.1, 0.15) is 36.8 Å². The third kappa shape index (κ3) is 4.05. The van der Waals surface area contributed by atoms with Gasteiger partial charge in [-0.1, -0.05) is 6.07 Å². The van der Waals surface area contributed by atoms with Gasteiger partial charge in [0.1, 0.15) is 5.75 Å². The van der Waals surface area contributed by atoms with Crippen molar-refractivity contribution in [1.29, 1.82) is 0 Å². The highest BCUT2D eigenvalue weighted by atomic mass is 16.5. The van der Waals surface area contributed by atoms with Crippen molar-refractivity contribution in [3.63, 3.8) is 0 Å². The topological polar surface area (TPSA) is 41.6 Å². The first-order valence-corrected chi connectivity index (χ1v) is 8.76. The number of carbonyl (C=O) groups excluding carboxylic acids is 1. The Morgan fingerprint density at radius 1 is 1.17 bits per heavy atom. The molecule has 2 saturated heterocycles. The van der Waals surface area contributed by atoms with Crippen molar-refractivity contribution in [3.05, 3.63) is 29.3 Å². The van der Waals surface area contributed by atoms with Crippen LogP contribution in [0.3, 0.4) is 0 Å². The molecule has 23 heavy (non-hydrogen) atoms. The van der Waals surface area contributed by atoms with Crippen molar-refractivity contribution in [2.75, 3.05) is 32.8 Å². The fourth-order valence-corrected chi connectivity index (χ4v) is 3.88. The van der Waals surface area contributed by atoms with Gasteiger partial charge in [-0.25, -0.2) is 0 Å². The Balaban J connectivity index is 1.43. The smallest absolute Gasteiger partial charge is 0.225 e. The fourth-order valence-electron chi connectivity index (χ4n) is 3.88. The number of aryl methyl sites for hydroxylation is 2. The first kappa shape index (κ1) is 16.3. The van der Waals surface area contributed by atoms with Gasteiger partial charge in [-0.3, -0.25) is 4.79 Å². The summed E-state index contributed by atoms with van der Waals surface area (Å²) in [5.41, 5.74) is 2.85. The third-order valence-electron chi connectivity index (χ3n) is 5.29. The summed E-state index contributed by atoms with van der Waals surface area (Å²) in [5, 5.41) is 3.46. The second-order valence-electron chi connectivity index (χ2n) is 7.23. The quantitative estimate of drug-likeness (QED) is 0.928. The Kier molecular flexibility index (Phi) is 4.90. The van der Waals surface area contributed by atoms with E-state index in [9.17, 15) is 4.79 Å². The average molecular weight is 316 g/mol. The van der Waals surface area contributed by atoms with E-state index in [1.807, 2.05) is 17.0 Å². The Bertz CT molecular complexity index is 534. The normalized spacial score (nSPS) is 20.0. The maximum atomic E-state index is 12.4. The largest absolute Gasteiger partial charge is 0.493 e. The number of hydrogen-bond donors (Lipinski definition) is 1. The van der Waals surface area contributed by atoms with Gasteiger partial charge in [-0.05, 0) is 68.3 Å². The molecule has 1 spiro atoms. The standard InChI is InChI=1S/C19H28N2O2/c1-15-11-16(2)13-17(12-15)23-10-3-18(22)21-8-5-19(6-9-21)4-7-20-14-19/h11-13,20H,3-10,14H2,1-2H3. The van der Waals surface area contributed by atoms with E-state index in [4.69, 9.17) is 4.74 Å². The van der Waals surface area contributed by atoms with Gasteiger partial charge in [-0.15, -0.1) is 0 Å². The molecule has 0 bridgehead atoms. The molecule has 2 aliphatic heterocycles. The number of likely N-dealkylation sites (tertiary alicyclic amines) is 1. The van der Waals surface area contributed by atoms with Crippen LogP contribution >= 0.6 is 0 Å². The zero-order valence-electron chi connectivity index (χ0n) is 14.4. The van der Waals surface area contributed by atoms with Gasteiger partial charge in [-0.2, -0.15) is 0 Å². The van der Waals surface area contributed by atoms with Crippen LogP contribution in [0.15, 0.2) is 18.2 Å². The lowest BCUT2D eigenvalue weighted by Gasteiger charge is -2.38. The van der Waals surface area contributed by atoms with Crippen LogP contribution in [0, 0.1) is 19.3 Å². The molecule has 0 unspecified atom stereocenters. The molecule has 0 radical (unpaired) electrons. The lowest BCUT2D eigenvalue weighted by molar-refractivity contribution is -0.133. The number of carbonyl (C=O) groups is 1. The van der Waals surface area contributed by atoms with Gasteiger partial charge >= 0.3 is 0 Å². The van der Waals surface area contributed by atoms with Crippen molar-refractivity contribution in [3.8, 4) is 5.75 Å². The Hall–Kier alpha value is -1.55. The summed E-state index contributed by atoms with van der Waals surface area (Å²) >= 11 is 0. The highest BCUT2D eigenvalue weighted by Gasteiger charge is 2.37. The van der Waals surface area contributed by atoms with E-state index in [-0.39, 0.29) is 5.91 Å². The Morgan fingerprint density at radius 2 is 1.87 bits per heavy atom. The van der Waals surface area contributed by atoms with Crippen LogP contribution in [-0.4, -0.2) is 43.6 Å². The Labute approximate surface area is 139 Å². The molecule has 0 aliphatic carbocycles. The number of amides is 1. The molecule has 3 rings (SSSR count). The van der Waals surface area contributed by atoms with Crippen molar-refractivity contribution in [1.82, 2.24) is 10.2 Å². The second-order valence-corrected chi connectivity index (χ2v) is 7.23. The van der Waals surface area contributed by atoms with Crippen molar-refractivity contribution >= 4 is 5.91 Å². The van der Waals surface area contributed by atoms with E-state index in [2.05, 4.69) is 25.2 Å². The minimum absolute atomic E-state index is 0.232. The molecule has 1 N–H and O–H groups in total. The van der Waals surface area contributed by atoms with Crippen LogP contribution in [0.4, 0.5) is 0 Å². The molecule has 4 heteroatoms. The number of piperidine rings is 1. The van der Waals surface area contributed by atoms with Crippen LogP contribution in [0.2, 0.25) is 0 Å². The highest BCUT2D eigenvalue weighted by Crippen LogP contribution is 2.36. The molecule has 2 aliphatic rings. The van der Waals surface area contributed by atoms with Crippen LogP contribution in [0.25, 0.3) is 0 Å². The average Bonchev–Trinajstić information content (AvgIpc) is 2.95. The molecule has 1 amide bonds. The van der Waals surface area contributed by atoms with Gasteiger partial charge in [0.15, 0.2) is 0 Å². The van der Waals surface area contributed by atoms with E-state index in [0.717, 1.165) is 44.8 Å². The molecule has 4 nitrogen and oxygen atoms in total. The number of benzene rings is 1. The van der Waals surface area contributed by atoms with Gasteiger partial charge in [0.2, 0.25) is 5.91 Å². The molecule has 2 fully saturated rings. The van der Waals surface area contributed by atoms with Gasteiger partial charge in [0.05, 0.1) is 13.0 Å². The van der Waals surface area contributed by atoms with E-state index in [0.29, 0.717) is 18.4 Å². The lowest BCUT2D eigenvalue weighted by Crippen LogP contribution is -2.44. The number of nitrogens with one attached hydrogen (secondary N) is 1. The van der Waals surface area contributed by atoms with E-state index < -0.39 is 0 Å². The maximum absolute atomic E-state index is 12.4. The minimum Gasteiger partial charge on any atom is -0.493 e. The molecular weight excluding hydrogens is 288 g/mol. The molecular formula is C19H28N2O2. The molecule has 0 atom stereocenters. The van der Waals surface area contributed by atoms with Crippen molar-refractivity contribution in [2.45, 2.75) is 39.5 Å². The van der Waals surface area contributed by atoms with Crippen LogP contribution in [-0.2, 0) is 4.79 Å². The summed E-state index contributed by atoms with van der Waals surface area (Å²) in [4.78, 5) is 14.4. The Morgan fingerprint density at radius 3 is 2.48 bits per heavy atom. The summed E-state index contributed by atoms with van der Waals surface area (Å²) in [6, 6.07) is 6.17. The van der Waals surface area contributed by atoms with E-state index in [1.165, 1.54) is 17.5 Å². The first-order chi connectivity index (χ1) is 11.1. The van der Waals surface area contributed by atoms with Crippen molar-refractivity contribution in [2.24, 2.45) is 5.41 Å². The summed E-state index contributed by atoms with van der Waals surface area (Å²) < 4.78 is 5.76. The van der Waals surface area contributed by atoms with Crippen LogP contribution in [0.5, 0.6) is 5.75 Å². The monoisotopic (exact) mass is 316 g/mol. The summed E-state index contributed by atoms with van der Waals surface area (Å²) in [7, 11) is 0. The maximum Gasteiger partial charge on any atom is 0.225 e. The second kappa shape index (κ2) is 6.91. The number of nitrogens with zero attached hydrogens (tertiary/aromatic N) is 1. The number of ether oxygens (including phenoxy) is 1. The summed E-state index contributed by atoms with van der Waals surface area (Å²) in [5.74, 6) is 1.10. The zero-order chi connectivity index (χ0) is 16.3. The van der Waals surface area contributed by atoms with Gasteiger partial charge in [0, 0.05) is 19.6 Å². The van der Waals surface area contributed by atoms with Crippen LogP contribution < -0.4 is 10.1 Å². The van der Waals surface area contributed by atoms with E-state index >= 15 is 0 Å². The predicted molar refractivity (Wildman–Crippen MR) is 91.8 cm³/mol. The SMILES string of the molecule is Cc1cc(C)cc(OCCC(=O)N2CCC3(CCNC3)CC2)c1. The number of rotatable bonds is 4. The fraction of sp³-hybridized carbons (Fsp3) is 0.632. The van der Waals surface area contributed by atoms with Gasteiger partial charge < -0.3 is 15.0 Å². The van der Waals surface area contributed by atoms with Crippen molar-refractivity contribution < 1.29 is 9.53 Å². The molecule has 0 aromatic heterocycles. The summed E-state index contributed by atoms with van der Waals surface area (Å²) in [6.07, 6.45) is 4.02. The molecule has 126 valence electrons. The molecule has 0 saturated carbocycles. The lowest BCUT2D eigenvalue weighted by atomic mass is 9.78. The van der Waals surface area contributed by atoms with E-state index in [1.54, 1.807) is 0 Å². The minimum atomic E-state index is 0.232. The third-order valence-corrected chi connectivity index (χ3v) is 5.29. The highest BCUT2D eigenvalue weighted by molar-refractivity contribution is 5.76. The zero-order valence-corrected chi connectivity index (χ0v) is 14.4.